The van der Waals surface area contributed by atoms with Gasteiger partial charge in [0.2, 0.25) is 6.61 Å². The molecular weight excluding hydrogens is 186 g/mol. The molecule has 0 unspecified atom stereocenters. The summed E-state index contributed by atoms with van der Waals surface area (Å²) in [5.41, 5.74) is 0. The number of hydrogen-bond donors (Lipinski definition) is 0. The third-order valence-electron chi connectivity index (χ3n) is 2.53. The first-order valence-corrected chi connectivity index (χ1v) is 6.13. The number of unbranched alkanes of at least 4 members (excludes halogenated alkanes) is 9. The molecule has 0 N–H and O–H groups in total. The van der Waals surface area contributed by atoms with E-state index in [1.165, 1.54) is 44.9 Å². The Kier molecular flexibility index (Phi) is 12.7. The normalized spacial score (nSPS) is 9.87. The maximum Gasteiger partial charge on any atom is 0.226 e. The highest BCUT2D eigenvalue weighted by molar-refractivity contribution is 4.67. The van der Waals surface area contributed by atoms with Gasteiger partial charge in [-0.05, 0) is 19.3 Å². The predicted molar refractivity (Wildman–Crippen MR) is 63.1 cm³/mol. The van der Waals surface area contributed by atoms with Crippen molar-refractivity contribution in [2.75, 3.05) is 7.11 Å². The van der Waals surface area contributed by atoms with Gasteiger partial charge >= 0.3 is 0 Å². The Morgan fingerprint density at radius 2 is 1.47 bits per heavy atom. The van der Waals surface area contributed by atoms with Gasteiger partial charge in [-0.15, -0.1) is 0 Å². The van der Waals surface area contributed by atoms with Crippen LogP contribution < -0.4 is 0 Å². The zero-order valence-electron chi connectivity index (χ0n) is 10.0. The van der Waals surface area contributed by atoms with Gasteiger partial charge < -0.3 is 0 Å². The van der Waals surface area contributed by atoms with Crippen molar-refractivity contribution in [1.29, 1.82) is 5.26 Å². The summed E-state index contributed by atoms with van der Waals surface area (Å²) in [5.74, 6) is 0. The van der Waals surface area contributed by atoms with Gasteiger partial charge in [0.15, 0.2) is 0 Å². The van der Waals surface area contributed by atoms with E-state index < -0.39 is 0 Å². The van der Waals surface area contributed by atoms with Crippen LogP contribution in [0.4, 0.5) is 0 Å². The van der Waals surface area contributed by atoms with E-state index in [2.05, 4.69) is 6.07 Å². The standard InChI is InChI=1S/C13H24NO/c1-15-13-11-9-7-5-3-2-4-6-8-10-12-14/h13H,2-11H2,1H3/q+1. The van der Waals surface area contributed by atoms with Crippen LogP contribution in [0.15, 0.2) is 0 Å². The summed E-state index contributed by atoms with van der Waals surface area (Å²) in [4.78, 5) is 0. The van der Waals surface area contributed by atoms with Crippen LogP contribution in [0.1, 0.15) is 64.2 Å². The van der Waals surface area contributed by atoms with E-state index in [1.54, 1.807) is 7.11 Å². The van der Waals surface area contributed by atoms with Gasteiger partial charge in [0, 0.05) is 6.42 Å². The van der Waals surface area contributed by atoms with Crippen LogP contribution in [0, 0.1) is 17.9 Å². The minimum atomic E-state index is 0.729. The summed E-state index contributed by atoms with van der Waals surface area (Å²) in [6.45, 7) is 1.88. The summed E-state index contributed by atoms with van der Waals surface area (Å²) in [6, 6.07) is 2.18. The van der Waals surface area contributed by atoms with Crippen LogP contribution in [0.2, 0.25) is 0 Å². The van der Waals surface area contributed by atoms with E-state index in [1.807, 2.05) is 6.61 Å². The zero-order chi connectivity index (χ0) is 11.2. The van der Waals surface area contributed by atoms with Crippen molar-refractivity contribution in [3.05, 3.63) is 6.61 Å². The van der Waals surface area contributed by atoms with Gasteiger partial charge in [-0.3, -0.25) is 0 Å². The Morgan fingerprint density at radius 1 is 0.933 bits per heavy atom. The van der Waals surface area contributed by atoms with Crippen LogP contribution in [0.5, 0.6) is 0 Å². The SMILES string of the molecule is CO[CH+]CCCCCCCCCCC#N. The summed E-state index contributed by atoms with van der Waals surface area (Å²) in [5, 5.41) is 8.35. The van der Waals surface area contributed by atoms with E-state index in [-0.39, 0.29) is 0 Å². The largest absolute Gasteiger partial charge is 0.226 e. The van der Waals surface area contributed by atoms with Crippen molar-refractivity contribution in [2.45, 2.75) is 64.2 Å². The predicted octanol–water partition coefficient (Wildman–Crippen LogP) is 4.22. The van der Waals surface area contributed by atoms with Crippen LogP contribution in [0.3, 0.4) is 0 Å². The lowest BCUT2D eigenvalue weighted by atomic mass is 10.1. The molecular formula is C13H24NO+. The van der Waals surface area contributed by atoms with Crippen LogP contribution in [0.25, 0.3) is 0 Å². The molecule has 0 aromatic carbocycles. The van der Waals surface area contributed by atoms with Gasteiger partial charge in [-0.2, -0.15) is 10.00 Å². The fourth-order valence-corrected chi connectivity index (χ4v) is 1.61. The molecule has 0 spiro atoms. The quantitative estimate of drug-likeness (QED) is 0.378. The van der Waals surface area contributed by atoms with Crippen LogP contribution in [-0.2, 0) is 4.74 Å². The summed E-state index contributed by atoms with van der Waals surface area (Å²) >= 11 is 0. The van der Waals surface area contributed by atoms with E-state index in [0.29, 0.717) is 0 Å². The van der Waals surface area contributed by atoms with Gasteiger partial charge in [-0.25, -0.2) is 0 Å². The third kappa shape index (κ3) is 13.3. The molecule has 2 nitrogen and oxygen atoms in total. The molecule has 15 heavy (non-hydrogen) atoms. The molecule has 2 heteroatoms. The lowest BCUT2D eigenvalue weighted by Gasteiger charge is -1.99. The molecule has 86 valence electrons. The van der Waals surface area contributed by atoms with E-state index >= 15 is 0 Å². The molecule has 0 saturated heterocycles. The second kappa shape index (κ2) is 13.3. The molecule has 0 aliphatic carbocycles. The highest BCUT2D eigenvalue weighted by Crippen LogP contribution is 2.10. The summed E-state index contributed by atoms with van der Waals surface area (Å²) in [6.07, 6.45) is 12.0. The van der Waals surface area contributed by atoms with E-state index in [4.69, 9.17) is 10.00 Å². The number of nitriles is 1. The molecule has 0 fully saturated rings. The first-order valence-electron chi connectivity index (χ1n) is 6.13. The molecule has 0 radical (unpaired) electrons. The molecule has 0 bridgehead atoms. The molecule has 0 aliphatic heterocycles. The van der Waals surface area contributed by atoms with Gasteiger partial charge in [0.1, 0.15) is 6.42 Å². The van der Waals surface area contributed by atoms with Crippen molar-refractivity contribution < 1.29 is 4.74 Å². The highest BCUT2D eigenvalue weighted by atomic mass is 16.5. The number of ether oxygens (including phenoxy) is 1. The first-order chi connectivity index (χ1) is 7.41. The second-order valence-corrected chi connectivity index (χ2v) is 3.93. The van der Waals surface area contributed by atoms with Crippen LogP contribution in [-0.4, -0.2) is 7.11 Å². The highest BCUT2D eigenvalue weighted by Gasteiger charge is 1.96. The molecule has 0 saturated carbocycles. The molecule has 0 aromatic rings. The molecule has 0 amide bonds. The van der Waals surface area contributed by atoms with Gasteiger partial charge in [0.05, 0.1) is 13.2 Å². The second-order valence-electron chi connectivity index (χ2n) is 3.93. The lowest BCUT2D eigenvalue weighted by molar-refractivity contribution is 0.262. The van der Waals surface area contributed by atoms with Crippen molar-refractivity contribution in [1.82, 2.24) is 0 Å². The summed E-state index contributed by atoms with van der Waals surface area (Å²) < 4.78 is 4.87. The third-order valence-corrected chi connectivity index (χ3v) is 2.53. The first kappa shape index (κ1) is 14.3. The molecule has 0 aliphatic rings. The van der Waals surface area contributed by atoms with E-state index in [0.717, 1.165) is 19.3 Å². The average molecular weight is 210 g/mol. The zero-order valence-corrected chi connectivity index (χ0v) is 10.0. The Bertz CT molecular complexity index is 151. The number of methoxy groups -OCH3 is 1. The maximum absolute atomic E-state index is 8.35. The van der Waals surface area contributed by atoms with E-state index in [9.17, 15) is 0 Å². The van der Waals surface area contributed by atoms with Crippen molar-refractivity contribution in [3.8, 4) is 6.07 Å². The van der Waals surface area contributed by atoms with Crippen molar-refractivity contribution in [3.63, 3.8) is 0 Å². The number of hydrogen-bond acceptors (Lipinski definition) is 2. The molecule has 0 heterocycles. The topological polar surface area (TPSA) is 33.0 Å². The minimum Gasteiger partial charge on any atom is -0.200 e. The lowest BCUT2D eigenvalue weighted by Crippen LogP contribution is -1.83. The Morgan fingerprint density at radius 3 is 2.00 bits per heavy atom. The Hall–Kier alpha value is -0.680. The average Bonchev–Trinajstić information content (AvgIpc) is 2.26. The fourth-order valence-electron chi connectivity index (χ4n) is 1.61. The Balaban J connectivity index is 2.84. The monoisotopic (exact) mass is 210 g/mol. The van der Waals surface area contributed by atoms with Crippen molar-refractivity contribution in [2.24, 2.45) is 0 Å². The van der Waals surface area contributed by atoms with Gasteiger partial charge in [-0.1, -0.05) is 32.1 Å². The molecule has 0 rings (SSSR count). The smallest absolute Gasteiger partial charge is 0.200 e. The van der Waals surface area contributed by atoms with Crippen LogP contribution >= 0.6 is 0 Å². The van der Waals surface area contributed by atoms with Crippen molar-refractivity contribution >= 4 is 0 Å². The number of nitrogens with zero attached hydrogens (tertiary/aromatic N) is 1. The summed E-state index contributed by atoms with van der Waals surface area (Å²) in [7, 11) is 1.71. The fraction of sp³-hybridized carbons (Fsp3) is 0.846. The van der Waals surface area contributed by atoms with Gasteiger partial charge in [0.25, 0.3) is 0 Å². The Labute approximate surface area is 94.6 Å². The maximum atomic E-state index is 8.35. The minimum absolute atomic E-state index is 0.729. The number of rotatable bonds is 11. The molecule has 0 aromatic heterocycles. The molecule has 0 atom stereocenters.